The van der Waals surface area contributed by atoms with Gasteiger partial charge in [-0.15, -0.1) is 18.3 Å². The van der Waals surface area contributed by atoms with E-state index in [0.29, 0.717) is 17.9 Å². The van der Waals surface area contributed by atoms with Crippen LogP contribution in [-0.2, 0) is 0 Å². The van der Waals surface area contributed by atoms with Gasteiger partial charge in [0.05, 0.1) is 24.0 Å². The van der Waals surface area contributed by atoms with Crippen molar-refractivity contribution in [3.63, 3.8) is 0 Å². The second-order valence-electron chi connectivity index (χ2n) is 3.71. The van der Waals surface area contributed by atoms with Crippen molar-refractivity contribution in [1.82, 2.24) is 4.90 Å². The molecule has 0 radical (unpaired) electrons. The van der Waals surface area contributed by atoms with Gasteiger partial charge in [0.1, 0.15) is 0 Å². The van der Waals surface area contributed by atoms with Gasteiger partial charge in [-0.2, -0.15) is 5.26 Å². The van der Waals surface area contributed by atoms with E-state index in [4.69, 9.17) is 10.4 Å². The number of benzene rings is 1. The maximum atomic E-state index is 12.4. The third-order valence-electron chi connectivity index (χ3n) is 2.42. The van der Waals surface area contributed by atoms with Crippen LogP contribution in [0.2, 0.25) is 0 Å². The molecule has 1 aromatic carbocycles. The topological polar surface area (TPSA) is 64.3 Å². The molecule has 1 amide bonds. The Labute approximate surface area is 117 Å². The molecule has 0 fully saturated rings. The Morgan fingerprint density at radius 3 is 2.89 bits per heavy atom. The van der Waals surface area contributed by atoms with Crippen LogP contribution >= 0.6 is 11.8 Å². The fourth-order valence-electron chi connectivity index (χ4n) is 1.60. The Kier molecular flexibility index (Phi) is 6.72. The quantitative estimate of drug-likeness (QED) is 0.610. The van der Waals surface area contributed by atoms with Crippen LogP contribution < -0.4 is 0 Å². The molecule has 1 aromatic rings. The number of aliphatic hydroxyl groups is 1. The Hall–Kier alpha value is -1.77. The zero-order chi connectivity index (χ0) is 14.1. The van der Waals surface area contributed by atoms with Crippen LogP contribution in [0, 0.1) is 11.3 Å². The molecule has 0 aliphatic carbocycles. The molecule has 0 aliphatic rings. The van der Waals surface area contributed by atoms with E-state index in [1.54, 1.807) is 18.2 Å². The Morgan fingerprint density at radius 1 is 1.53 bits per heavy atom. The number of nitrogens with zero attached hydrogens (tertiary/aromatic N) is 2. The minimum Gasteiger partial charge on any atom is -0.395 e. The van der Waals surface area contributed by atoms with Crippen LogP contribution in [0.5, 0.6) is 0 Å². The lowest BCUT2D eigenvalue weighted by atomic mass is 10.2. The summed E-state index contributed by atoms with van der Waals surface area (Å²) in [7, 11) is 0. The smallest absolute Gasteiger partial charge is 0.255 e. The fourth-order valence-corrected chi connectivity index (χ4v) is 2.31. The zero-order valence-electron chi connectivity index (χ0n) is 10.6. The van der Waals surface area contributed by atoms with Crippen molar-refractivity contribution < 1.29 is 9.90 Å². The number of amides is 1. The van der Waals surface area contributed by atoms with Gasteiger partial charge in [-0.3, -0.25) is 4.79 Å². The Balaban J connectivity index is 2.96. The van der Waals surface area contributed by atoms with Crippen molar-refractivity contribution >= 4 is 17.7 Å². The molecule has 1 N–H and O–H groups in total. The highest BCUT2D eigenvalue weighted by molar-refractivity contribution is 7.99. The van der Waals surface area contributed by atoms with Gasteiger partial charge in [-0.05, 0) is 12.1 Å². The normalized spacial score (nSPS) is 9.68. The van der Waals surface area contributed by atoms with Crippen molar-refractivity contribution in [2.24, 2.45) is 0 Å². The summed E-state index contributed by atoms with van der Waals surface area (Å²) < 4.78 is 0. The molecular weight excluding hydrogens is 260 g/mol. The van der Waals surface area contributed by atoms with Gasteiger partial charge in [0, 0.05) is 18.0 Å². The summed E-state index contributed by atoms with van der Waals surface area (Å²) >= 11 is 1.33. The van der Waals surface area contributed by atoms with Gasteiger partial charge in [0.15, 0.2) is 0 Å². The number of hydrogen-bond acceptors (Lipinski definition) is 4. The van der Waals surface area contributed by atoms with Gasteiger partial charge in [-0.25, -0.2) is 0 Å². The second kappa shape index (κ2) is 8.35. The zero-order valence-corrected chi connectivity index (χ0v) is 11.4. The van der Waals surface area contributed by atoms with E-state index in [0.717, 1.165) is 4.90 Å². The summed E-state index contributed by atoms with van der Waals surface area (Å²) in [5.74, 6) is 0.140. The lowest BCUT2D eigenvalue weighted by Crippen LogP contribution is -2.34. The van der Waals surface area contributed by atoms with E-state index in [-0.39, 0.29) is 19.1 Å². The van der Waals surface area contributed by atoms with Crippen molar-refractivity contribution in [2.45, 2.75) is 4.90 Å². The number of carbonyl (C=O) groups is 1. The molecule has 4 nitrogen and oxygen atoms in total. The van der Waals surface area contributed by atoms with Crippen molar-refractivity contribution in [2.75, 3.05) is 25.4 Å². The number of hydrogen-bond donors (Lipinski definition) is 1. The highest BCUT2D eigenvalue weighted by Crippen LogP contribution is 2.23. The summed E-state index contributed by atoms with van der Waals surface area (Å²) in [5, 5.41) is 17.6. The van der Waals surface area contributed by atoms with Gasteiger partial charge in [0.2, 0.25) is 0 Å². The first kappa shape index (κ1) is 15.3. The van der Waals surface area contributed by atoms with Crippen LogP contribution in [0.4, 0.5) is 0 Å². The summed E-state index contributed by atoms with van der Waals surface area (Å²) in [4.78, 5) is 14.7. The Bertz CT molecular complexity index is 483. The monoisotopic (exact) mass is 276 g/mol. The fraction of sp³-hybridized carbons (Fsp3) is 0.286. The molecule has 0 heterocycles. The van der Waals surface area contributed by atoms with Crippen molar-refractivity contribution in [1.29, 1.82) is 5.26 Å². The molecule has 0 aliphatic heterocycles. The van der Waals surface area contributed by atoms with Crippen LogP contribution in [0.3, 0.4) is 0 Å². The minimum absolute atomic E-state index is 0.0902. The lowest BCUT2D eigenvalue weighted by Gasteiger charge is -2.21. The highest BCUT2D eigenvalue weighted by Gasteiger charge is 2.17. The number of rotatable bonds is 7. The third-order valence-corrected chi connectivity index (χ3v) is 3.36. The van der Waals surface area contributed by atoms with Gasteiger partial charge >= 0.3 is 0 Å². The van der Waals surface area contributed by atoms with E-state index in [1.807, 2.05) is 18.2 Å². The van der Waals surface area contributed by atoms with Crippen LogP contribution in [0.1, 0.15) is 10.4 Å². The molecule has 0 aromatic heterocycles. The molecular formula is C14H16N2O2S. The third kappa shape index (κ3) is 4.43. The number of carbonyl (C=O) groups excluding carboxylic acids is 1. The molecule has 5 heteroatoms. The van der Waals surface area contributed by atoms with Crippen molar-refractivity contribution in [3.8, 4) is 6.07 Å². The first-order chi connectivity index (χ1) is 9.24. The number of nitriles is 1. The first-order valence-corrected chi connectivity index (χ1v) is 6.83. The van der Waals surface area contributed by atoms with Gasteiger partial charge in [0.25, 0.3) is 5.91 Å². The van der Waals surface area contributed by atoms with Crippen LogP contribution in [0.15, 0.2) is 41.8 Å². The first-order valence-electron chi connectivity index (χ1n) is 5.84. The summed E-state index contributed by atoms with van der Waals surface area (Å²) in [6.45, 7) is 4.17. The summed E-state index contributed by atoms with van der Waals surface area (Å²) in [5.41, 5.74) is 0.554. The predicted molar refractivity (Wildman–Crippen MR) is 76.0 cm³/mol. The SMILES string of the molecule is C=CCN(CCO)C(=O)c1ccccc1SCC#N. The highest BCUT2D eigenvalue weighted by atomic mass is 32.2. The Morgan fingerprint density at radius 2 is 2.26 bits per heavy atom. The van der Waals surface area contributed by atoms with E-state index >= 15 is 0 Å². The van der Waals surface area contributed by atoms with Gasteiger partial charge < -0.3 is 10.0 Å². The molecule has 100 valence electrons. The number of aliphatic hydroxyl groups excluding tert-OH is 1. The molecule has 0 unspecified atom stereocenters. The van der Waals surface area contributed by atoms with Gasteiger partial charge in [-0.1, -0.05) is 18.2 Å². The standard InChI is InChI=1S/C14H16N2O2S/c1-2-8-16(9-10-17)14(18)12-5-3-4-6-13(12)19-11-7-15/h2-6,17H,1,8-11H2. The second-order valence-corrected chi connectivity index (χ2v) is 4.72. The molecule has 19 heavy (non-hydrogen) atoms. The van der Waals surface area contributed by atoms with Crippen molar-refractivity contribution in [3.05, 3.63) is 42.5 Å². The molecule has 0 saturated carbocycles. The average molecular weight is 276 g/mol. The van der Waals surface area contributed by atoms with Crippen LogP contribution in [0.25, 0.3) is 0 Å². The van der Waals surface area contributed by atoms with E-state index < -0.39 is 0 Å². The maximum absolute atomic E-state index is 12.4. The molecule has 0 spiro atoms. The summed E-state index contributed by atoms with van der Waals surface area (Å²) in [6.07, 6.45) is 1.62. The minimum atomic E-state index is -0.157. The number of thioether (sulfide) groups is 1. The molecule has 1 rings (SSSR count). The van der Waals surface area contributed by atoms with E-state index in [2.05, 4.69) is 6.58 Å². The van der Waals surface area contributed by atoms with E-state index in [9.17, 15) is 4.79 Å². The predicted octanol–water partition coefficient (Wildman–Crippen LogP) is 1.92. The maximum Gasteiger partial charge on any atom is 0.255 e. The average Bonchev–Trinajstić information content (AvgIpc) is 2.44. The molecule has 0 bridgehead atoms. The van der Waals surface area contributed by atoms with Crippen LogP contribution in [-0.4, -0.2) is 41.4 Å². The summed E-state index contributed by atoms with van der Waals surface area (Å²) in [6, 6.07) is 9.22. The van der Waals surface area contributed by atoms with E-state index in [1.165, 1.54) is 16.7 Å². The lowest BCUT2D eigenvalue weighted by molar-refractivity contribution is 0.0739. The molecule has 0 atom stereocenters. The molecule has 0 saturated heterocycles. The largest absolute Gasteiger partial charge is 0.395 e.